The molecule has 0 aromatic carbocycles. The van der Waals surface area contributed by atoms with E-state index in [9.17, 15) is 4.79 Å². The van der Waals surface area contributed by atoms with Crippen LogP contribution in [0.1, 0.15) is 6.42 Å². The molecule has 0 N–H and O–H groups in total. The second kappa shape index (κ2) is 7.90. The van der Waals surface area contributed by atoms with Crippen molar-refractivity contribution in [1.82, 2.24) is 39.5 Å². The Morgan fingerprint density at radius 2 is 1.97 bits per heavy atom. The number of carbonyl (C=O) groups is 1. The highest BCUT2D eigenvalue weighted by molar-refractivity contribution is 5.76. The van der Waals surface area contributed by atoms with Crippen LogP contribution in [0.15, 0.2) is 55.1 Å². The smallest absolute Gasteiger partial charge is 0.244 e. The Kier molecular flexibility index (Phi) is 4.80. The minimum atomic E-state index is 0.0848. The molecule has 4 aromatic heterocycles. The molecule has 30 heavy (non-hydrogen) atoms. The number of carbonyl (C=O) groups excluding carboxylic acids is 1. The zero-order valence-electron chi connectivity index (χ0n) is 16.4. The van der Waals surface area contributed by atoms with Crippen LogP contribution < -0.4 is 4.90 Å². The number of aromatic nitrogens is 7. The van der Waals surface area contributed by atoms with E-state index in [1.54, 1.807) is 34.0 Å². The number of hydrogen-bond acceptors (Lipinski definition) is 7. The molecule has 0 bridgehead atoms. The number of anilines is 1. The molecule has 10 nitrogen and oxygen atoms in total. The molecule has 1 aliphatic heterocycles. The van der Waals surface area contributed by atoms with Crippen molar-refractivity contribution in [3.05, 3.63) is 55.1 Å². The van der Waals surface area contributed by atoms with Gasteiger partial charge in [0, 0.05) is 56.5 Å². The van der Waals surface area contributed by atoms with Gasteiger partial charge in [-0.25, -0.2) is 0 Å². The van der Waals surface area contributed by atoms with Crippen LogP contribution in [0.2, 0.25) is 0 Å². The summed E-state index contributed by atoms with van der Waals surface area (Å²) in [7, 11) is 0. The van der Waals surface area contributed by atoms with Crippen LogP contribution in [0.3, 0.4) is 0 Å². The van der Waals surface area contributed by atoms with Crippen molar-refractivity contribution in [3.8, 4) is 11.4 Å². The predicted molar refractivity (Wildman–Crippen MR) is 110 cm³/mol. The van der Waals surface area contributed by atoms with Crippen molar-refractivity contribution < 1.29 is 4.79 Å². The number of rotatable bonds is 4. The van der Waals surface area contributed by atoms with Gasteiger partial charge in [0.2, 0.25) is 5.91 Å². The van der Waals surface area contributed by atoms with Crippen LogP contribution in [-0.4, -0.2) is 71.6 Å². The standard InChI is InChI=1S/C20H21N9O/c30-19(15-28-11-2-8-22-28)27-10-3-9-26(12-13-27)18-6-5-17-23-24-20(29(17)25-18)16-4-1-7-21-14-16/h1-2,4-8,11,14H,3,9-10,12-13,15H2. The van der Waals surface area contributed by atoms with Crippen molar-refractivity contribution in [2.75, 3.05) is 31.1 Å². The molecule has 152 valence electrons. The molecule has 0 spiro atoms. The minimum absolute atomic E-state index is 0.0848. The van der Waals surface area contributed by atoms with E-state index in [2.05, 4.69) is 25.2 Å². The predicted octanol–water partition coefficient (Wildman–Crippen LogP) is 1.12. The lowest BCUT2D eigenvalue weighted by atomic mass is 10.3. The lowest BCUT2D eigenvalue weighted by Crippen LogP contribution is -2.37. The van der Waals surface area contributed by atoms with E-state index in [0.29, 0.717) is 24.6 Å². The molecule has 0 atom stereocenters. The lowest BCUT2D eigenvalue weighted by Gasteiger charge is -2.22. The van der Waals surface area contributed by atoms with Gasteiger partial charge in [-0.1, -0.05) is 0 Å². The number of fused-ring (bicyclic) bond motifs is 1. The fourth-order valence-electron chi connectivity index (χ4n) is 3.65. The first-order chi connectivity index (χ1) is 14.8. The molecule has 10 heteroatoms. The van der Waals surface area contributed by atoms with Gasteiger partial charge in [0.05, 0.1) is 0 Å². The monoisotopic (exact) mass is 403 g/mol. The number of hydrogen-bond donors (Lipinski definition) is 0. The minimum Gasteiger partial charge on any atom is -0.353 e. The molecule has 0 saturated carbocycles. The normalized spacial score (nSPS) is 14.8. The van der Waals surface area contributed by atoms with Gasteiger partial charge in [0.1, 0.15) is 12.4 Å². The molecule has 1 fully saturated rings. The van der Waals surface area contributed by atoms with E-state index < -0.39 is 0 Å². The third-order valence-electron chi connectivity index (χ3n) is 5.20. The Labute approximate surface area is 172 Å². The molecule has 5 rings (SSSR count). The van der Waals surface area contributed by atoms with Crippen LogP contribution in [0, 0.1) is 0 Å². The van der Waals surface area contributed by atoms with E-state index in [4.69, 9.17) is 5.10 Å². The maximum absolute atomic E-state index is 12.6. The Morgan fingerprint density at radius 1 is 1.00 bits per heavy atom. The molecule has 1 saturated heterocycles. The fraction of sp³-hybridized carbons (Fsp3) is 0.300. The summed E-state index contributed by atoms with van der Waals surface area (Å²) >= 11 is 0. The molecule has 1 amide bonds. The average Bonchev–Trinajstić information content (AvgIpc) is 3.37. The second-order valence-corrected chi connectivity index (χ2v) is 7.15. The van der Waals surface area contributed by atoms with Gasteiger partial charge < -0.3 is 9.80 Å². The summed E-state index contributed by atoms with van der Waals surface area (Å²) in [6.45, 7) is 3.19. The first kappa shape index (κ1) is 18.2. The third kappa shape index (κ3) is 3.59. The maximum Gasteiger partial charge on any atom is 0.244 e. The van der Waals surface area contributed by atoms with Crippen molar-refractivity contribution in [2.45, 2.75) is 13.0 Å². The number of pyridine rings is 1. The van der Waals surface area contributed by atoms with Crippen molar-refractivity contribution in [3.63, 3.8) is 0 Å². The van der Waals surface area contributed by atoms with Crippen molar-refractivity contribution >= 4 is 17.4 Å². The van der Waals surface area contributed by atoms with E-state index in [0.717, 1.165) is 30.9 Å². The second-order valence-electron chi connectivity index (χ2n) is 7.15. The lowest BCUT2D eigenvalue weighted by molar-refractivity contribution is -0.131. The first-order valence-corrected chi connectivity index (χ1v) is 9.91. The summed E-state index contributed by atoms with van der Waals surface area (Å²) in [5.41, 5.74) is 1.55. The Hall–Kier alpha value is -3.82. The van der Waals surface area contributed by atoms with Crippen molar-refractivity contribution in [1.29, 1.82) is 0 Å². The van der Waals surface area contributed by atoms with E-state index >= 15 is 0 Å². The molecule has 1 aliphatic rings. The van der Waals surface area contributed by atoms with Gasteiger partial charge in [-0.15, -0.1) is 15.3 Å². The largest absolute Gasteiger partial charge is 0.353 e. The Bertz CT molecular complexity index is 1140. The van der Waals surface area contributed by atoms with Crippen LogP contribution in [-0.2, 0) is 11.3 Å². The van der Waals surface area contributed by atoms with Gasteiger partial charge in [0.25, 0.3) is 0 Å². The summed E-state index contributed by atoms with van der Waals surface area (Å²) in [6, 6.07) is 9.50. The van der Waals surface area contributed by atoms with Gasteiger partial charge in [-0.05, 0) is 36.8 Å². The highest BCUT2D eigenvalue weighted by Crippen LogP contribution is 2.19. The SMILES string of the molecule is O=C(Cn1cccn1)N1CCCN(c2ccc3nnc(-c4cccnc4)n3n2)CC1. The molecular formula is C20H21N9O. The summed E-state index contributed by atoms with van der Waals surface area (Å²) in [5.74, 6) is 1.58. The Balaban J connectivity index is 1.34. The fourth-order valence-corrected chi connectivity index (χ4v) is 3.65. The van der Waals surface area contributed by atoms with E-state index in [1.807, 2.05) is 35.2 Å². The maximum atomic E-state index is 12.6. The number of nitrogens with zero attached hydrogens (tertiary/aromatic N) is 9. The average molecular weight is 403 g/mol. The van der Waals surface area contributed by atoms with Crippen LogP contribution in [0.4, 0.5) is 5.82 Å². The molecule has 0 aliphatic carbocycles. The zero-order valence-corrected chi connectivity index (χ0v) is 16.4. The Morgan fingerprint density at radius 3 is 2.80 bits per heavy atom. The molecular weight excluding hydrogens is 382 g/mol. The molecule has 0 radical (unpaired) electrons. The highest BCUT2D eigenvalue weighted by Gasteiger charge is 2.21. The molecule has 5 heterocycles. The quantitative estimate of drug-likeness (QED) is 0.504. The third-order valence-corrected chi connectivity index (χ3v) is 5.20. The first-order valence-electron chi connectivity index (χ1n) is 9.91. The van der Waals surface area contributed by atoms with Crippen LogP contribution >= 0.6 is 0 Å². The highest BCUT2D eigenvalue weighted by atomic mass is 16.2. The van der Waals surface area contributed by atoms with Crippen LogP contribution in [0.5, 0.6) is 0 Å². The van der Waals surface area contributed by atoms with Crippen LogP contribution in [0.25, 0.3) is 17.0 Å². The van der Waals surface area contributed by atoms with E-state index in [-0.39, 0.29) is 12.5 Å². The van der Waals surface area contributed by atoms with Crippen molar-refractivity contribution in [2.24, 2.45) is 0 Å². The van der Waals surface area contributed by atoms with Gasteiger partial charge in [0.15, 0.2) is 11.5 Å². The molecule has 4 aromatic rings. The zero-order chi connectivity index (χ0) is 20.3. The summed E-state index contributed by atoms with van der Waals surface area (Å²) in [4.78, 5) is 20.9. The molecule has 0 unspecified atom stereocenters. The van der Waals surface area contributed by atoms with Gasteiger partial charge in [-0.2, -0.15) is 9.61 Å². The van der Waals surface area contributed by atoms with E-state index in [1.165, 1.54) is 0 Å². The van der Waals surface area contributed by atoms with Gasteiger partial charge in [-0.3, -0.25) is 14.5 Å². The van der Waals surface area contributed by atoms with Gasteiger partial charge >= 0.3 is 0 Å². The number of amides is 1. The topological polar surface area (TPSA) is 97.3 Å². The summed E-state index contributed by atoms with van der Waals surface area (Å²) in [5, 5.41) is 17.4. The summed E-state index contributed by atoms with van der Waals surface area (Å²) in [6.07, 6.45) is 7.84. The summed E-state index contributed by atoms with van der Waals surface area (Å²) < 4.78 is 3.41.